The van der Waals surface area contributed by atoms with E-state index < -0.39 is 0 Å². The lowest BCUT2D eigenvalue weighted by molar-refractivity contribution is -0.138. The molecule has 5 heteroatoms. The number of fused-ring (bicyclic) bond motifs is 1. The fraction of sp³-hybridized carbons (Fsp3) is 0.652. The molecule has 4 rings (SSSR count). The van der Waals surface area contributed by atoms with Gasteiger partial charge in [0.15, 0.2) is 0 Å². The van der Waals surface area contributed by atoms with Crippen LogP contribution in [0, 0.1) is 17.8 Å². The molecule has 3 aliphatic rings. The van der Waals surface area contributed by atoms with Crippen LogP contribution in [0.1, 0.15) is 64.0 Å². The summed E-state index contributed by atoms with van der Waals surface area (Å²) in [6, 6.07) is 8.01. The van der Waals surface area contributed by atoms with Crippen LogP contribution in [-0.4, -0.2) is 35.9 Å². The van der Waals surface area contributed by atoms with Crippen molar-refractivity contribution in [1.82, 2.24) is 4.90 Å². The fourth-order valence-corrected chi connectivity index (χ4v) is 4.91. The zero-order valence-corrected chi connectivity index (χ0v) is 17.0. The van der Waals surface area contributed by atoms with Gasteiger partial charge in [-0.3, -0.25) is 9.59 Å². The zero-order valence-electron chi connectivity index (χ0n) is 17.0. The first-order chi connectivity index (χ1) is 13.5. The van der Waals surface area contributed by atoms with E-state index in [0.29, 0.717) is 11.8 Å². The summed E-state index contributed by atoms with van der Waals surface area (Å²) in [4.78, 5) is 26.9. The van der Waals surface area contributed by atoms with Gasteiger partial charge in [-0.05, 0) is 43.4 Å². The quantitative estimate of drug-likeness (QED) is 0.848. The predicted molar refractivity (Wildman–Crippen MR) is 109 cm³/mol. The Labute approximate surface area is 167 Å². The van der Waals surface area contributed by atoms with Gasteiger partial charge in [0.25, 0.3) is 0 Å². The molecular formula is C23H32N2O3. The van der Waals surface area contributed by atoms with Gasteiger partial charge in [0.2, 0.25) is 11.8 Å². The lowest BCUT2D eigenvalue weighted by atomic mass is 9.90. The third-order valence-corrected chi connectivity index (χ3v) is 6.59. The van der Waals surface area contributed by atoms with Crippen molar-refractivity contribution >= 4 is 17.5 Å². The zero-order chi connectivity index (χ0) is 19.7. The van der Waals surface area contributed by atoms with Crippen LogP contribution in [0.5, 0.6) is 0 Å². The van der Waals surface area contributed by atoms with E-state index in [0.717, 1.165) is 50.0 Å². The molecule has 3 fully saturated rings. The number of hydrogen-bond acceptors (Lipinski definition) is 3. The minimum absolute atomic E-state index is 0.0271. The Hall–Kier alpha value is -1.88. The van der Waals surface area contributed by atoms with E-state index in [1.807, 2.05) is 32.0 Å². The highest BCUT2D eigenvalue weighted by Crippen LogP contribution is 2.42. The average Bonchev–Trinajstić information content (AvgIpc) is 3.36. The van der Waals surface area contributed by atoms with Crippen LogP contribution in [0.4, 0.5) is 5.69 Å². The first kappa shape index (κ1) is 19.4. The smallest absolute Gasteiger partial charge is 0.226 e. The Bertz CT molecular complexity index is 726. The number of ether oxygens (including phenoxy) is 1. The Balaban J connectivity index is 1.39. The monoisotopic (exact) mass is 384 g/mol. The SMILES string of the molecule is CC(C)C(=O)Nc1cccc([C@H]2C[C@@H]3CN(C(=O)C4CCCC4)CC[C@@H]3O2)c1. The third-order valence-electron chi connectivity index (χ3n) is 6.59. The van der Waals surface area contributed by atoms with E-state index in [1.165, 1.54) is 12.8 Å². The summed E-state index contributed by atoms with van der Waals surface area (Å²) >= 11 is 0. The van der Waals surface area contributed by atoms with E-state index in [-0.39, 0.29) is 30.0 Å². The molecule has 3 atom stereocenters. The van der Waals surface area contributed by atoms with Crippen molar-refractivity contribution in [2.24, 2.45) is 17.8 Å². The molecule has 28 heavy (non-hydrogen) atoms. The van der Waals surface area contributed by atoms with Crippen molar-refractivity contribution in [2.75, 3.05) is 18.4 Å². The van der Waals surface area contributed by atoms with Crippen molar-refractivity contribution in [3.8, 4) is 0 Å². The van der Waals surface area contributed by atoms with Crippen molar-refractivity contribution in [3.63, 3.8) is 0 Å². The molecule has 2 amide bonds. The maximum Gasteiger partial charge on any atom is 0.226 e. The summed E-state index contributed by atoms with van der Waals surface area (Å²) in [6.45, 7) is 5.44. The third kappa shape index (κ3) is 4.09. The average molecular weight is 385 g/mol. The van der Waals surface area contributed by atoms with Crippen LogP contribution >= 0.6 is 0 Å². The van der Waals surface area contributed by atoms with E-state index in [9.17, 15) is 9.59 Å². The normalized spacial score (nSPS) is 27.8. The van der Waals surface area contributed by atoms with Crippen molar-refractivity contribution in [1.29, 1.82) is 0 Å². The Morgan fingerprint density at radius 2 is 1.96 bits per heavy atom. The maximum atomic E-state index is 12.8. The van der Waals surface area contributed by atoms with Gasteiger partial charge in [-0.2, -0.15) is 0 Å². The molecule has 1 aromatic carbocycles. The number of nitrogens with zero attached hydrogens (tertiary/aromatic N) is 1. The number of likely N-dealkylation sites (tertiary alicyclic amines) is 1. The van der Waals surface area contributed by atoms with Crippen LogP contribution in [-0.2, 0) is 14.3 Å². The minimum Gasteiger partial charge on any atom is -0.370 e. The Morgan fingerprint density at radius 3 is 2.71 bits per heavy atom. The summed E-state index contributed by atoms with van der Waals surface area (Å²) in [5.41, 5.74) is 1.94. The van der Waals surface area contributed by atoms with Crippen molar-refractivity contribution in [2.45, 2.75) is 64.6 Å². The van der Waals surface area contributed by atoms with E-state index in [1.54, 1.807) is 0 Å². The molecule has 2 aliphatic heterocycles. The van der Waals surface area contributed by atoms with E-state index >= 15 is 0 Å². The molecule has 0 bridgehead atoms. The highest BCUT2D eigenvalue weighted by molar-refractivity contribution is 5.92. The summed E-state index contributed by atoms with van der Waals surface area (Å²) in [5.74, 6) is 1.03. The van der Waals surface area contributed by atoms with Crippen LogP contribution in [0.25, 0.3) is 0 Å². The van der Waals surface area contributed by atoms with Crippen molar-refractivity contribution in [3.05, 3.63) is 29.8 Å². The molecule has 0 spiro atoms. The Kier molecular flexibility index (Phi) is 5.72. The van der Waals surface area contributed by atoms with E-state index in [4.69, 9.17) is 4.74 Å². The summed E-state index contributed by atoms with van der Waals surface area (Å²) in [5, 5.41) is 2.97. The molecular weight excluding hydrogens is 352 g/mol. The van der Waals surface area contributed by atoms with Crippen LogP contribution in [0.15, 0.2) is 24.3 Å². The molecule has 1 saturated carbocycles. The van der Waals surface area contributed by atoms with Gasteiger partial charge >= 0.3 is 0 Å². The summed E-state index contributed by atoms with van der Waals surface area (Å²) < 4.78 is 6.36. The second kappa shape index (κ2) is 8.24. The number of hydrogen-bond donors (Lipinski definition) is 1. The van der Waals surface area contributed by atoms with Gasteiger partial charge in [-0.25, -0.2) is 0 Å². The molecule has 0 aromatic heterocycles. The molecule has 0 unspecified atom stereocenters. The Morgan fingerprint density at radius 1 is 1.18 bits per heavy atom. The second-order valence-corrected chi connectivity index (χ2v) is 8.98. The van der Waals surface area contributed by atoms with Gasteiger partial charge in [-0.15, -0.1) is 0 Å². The number of piperidine rings is 1. The maximum absolute atomic E-state index is 12.8. The summed E-state index contributed by atoms with van der Waals surface area (Å²) in [6.07, 6.45) is 6.70. The standard InChI is InChI=1S/C23H32N2O3/c1-15(2)22(26)24-19-9-5-8-17(12-19)21-13-18-14-25(11-10-20(18)28-21)23(27)16-6-3-4-7-16/h5,8-9,12,15-16,18,20-21H,3-4,6-7,10-11,13-14H2,1-2H3,(H,24,26)/t18-,20+,21-/m1/s1. The van der Waals surface area contributed by atoms with Gasteiger partial charge in [0, 0.05) is 36.5 Å². The van der Waals surface area contributed by atoms with Gasteiger partial charge in [0.1, 0.15) is 0 Å². The first-order valence-corrected chi connectivity index (χ1v) is 10.9. The minimum atomic E-state index is -0.0438. The number of rotatable bonds is 4. The molecule has 1 aromatic rings. The molecule has 2 heterocycles. The molecule has 2 saturated heterocycles. The first-order valence-electron chi connectivity index (χ1n) is 10.9. The number of amides is 2. The number of carbonyl (C=O) groups excluding carboxylic acids is 2. The lowest BCUT2D eigenvalue weighted by Crippen LogP contribution is -2.46. The highest BCUT2D eigenvalue weighted by Gasteiger charge is 2.41. The van der Waals surface area contributed by atoms with E-state index in [2.05, 4.69) is 16.3 Å². The molecule has 1 N–H and O–H groups in total. The number of benzene rings is 1. The summed E-state index contributed by atoms with van der Waals surface area (Å²) in [7, 11) is 0. The van der Waals surface area contributed by atoms with Crippen LogP contribution in [0.3, 0.4) is 0 Å². The lowest BCUT2D eigenvalue weighted by Gasteiger charge is -2.35. The number of carbonyl (C=O) groups is 2. The topological polar surface area (TPSA) is 58.6 Å². The number of anilines is 1. The number of nitrogens with one attached hydrogen (secondary N) is 1. The van der Waals surface area contributed by atoms with Gasteiger partial charge in [-0.1, -0.05) is 38.8 Å². The van der Waals surface area contributed by atoms with Crippen LogP contribution in [0.2, 0.25) is 0 Å². The van der Waals surface area contributed by atoms with Crippen molar-refractivity contribution < 1.29 is 14.3 Å². The largest absolute Gasteiger partial charge is 0.370 e. The molecule has 0 radical (unpaired) electrons. The molecule has 5 nitrogen and oxygen atoms in total. The second-order valence-electron chi connectivity index (χ2n) is 8.98. The molecule has 1 aliphatic carbocycles. The fourth-order valence-electron chi connectivity index (χ4n) is 4.91. The highest BCUT2D eigenvalue weighted by atomic mass is 16.5. The van der Waals surface area contributed by atoms with Gasteiger partial charge in [0.05, 0.1) is 12.2 Å². The predicted octanol–water partition coefficient (Wildman–Crippen LogP) is 4.15. The van der Waals surface area contributed by atoms with Gasteiger partial charge < -0.3 is 15.0 Å². The van der Waals surface area contributed by atoms with Crippen LogP contribution < -0.4 is 5.32 Å². The molecule has 152 valence electrons.